The fourth-order valence-corrected chi connectivity index (χ4v) is 2.51. The van der Waals surface area contributed by atoms with Gasteiger partial charge in [0.2, 0.25) is 0 Å². The van der Waals surface area contributed by atoms with E-state index >= 15 is 0 Å². The first-order valence-corrected chi connectivity index (χ1v) is 6.22. The molecule has 2 N–H and O–H groups in total. The highest BCUT2D eigenvalue weighted by molar-refractivity contribution is 5.85. The molecule has 0 atom stereocenters. The van der Waals surface area contributed by atoms with Crippen LogP contribution in [0.4, 0.5) is 0 Å². The van der Waals surface area contributed by atoms with E-state index < -0.39 is 0 Å². The maximum absolute atomic E-state index is 5.90. The predicted octanol–water partition coefficient (Wildman–Crippen LogP) is 2.46. The van der Waals surface area contributed by atoms with Crippen LogP contribution in [-0.2, 0) is 6.42 Å². The molecule has 3 heteroatoms. The molecule has 1 aromatic carbocycles. The molecule has 0 aliphatic heterocycles. The van der Waals surface area contributed by atoms with Gasteiger partial charge >= 0.3 is 0 Å². The van der Waals surface area contributed by atoms with Crippen molar-refractivity contribution in [2.45, 2.75) is 31.2 Å². The van der Waals surface area contributed by atoms with Gasteiger partial charge in [-0.25, -0.2) is 0 Å². The van der Waals surface area contributed by atoms with Crippen LogP contribution in [0, 0.1) is 0 Å². The average molecular weight is 255 g/mol. The standard InChI is InChI=1S/C14H22N2.ClH/c1-16(14(12-15)9-5-10-14)11-8-13-6-3-2-4-7-13;/h2-4,6-7H,5,8-12,15H2,1H3;1H. The zero-order chi connectivity index (χ0) is 11.4. The SMILES string of the molecule is CN(CCc1ccccc1)C1(CN)CCC1.Cl. The lowest BCUT2D eigenvalue weighted by Crippen LogP contribution is -2.57. The van der Waals surface area contributed by atoms with E-state index in [9.17, 15) is 0 Å². The maximum atomic E-state index is 5.90. The number of hydrogen-bond donors (Lipinski definition) is 1. The van der Waals surface area contributed by atoms with Crippen molar-refractivity contribution >= 4 is 12.4 Å². The Kier molecular flexibility index (Phi) is 5.44. The Morgan fingerprint density at radius 2 is 1.88 bits per heavy atom. The first-order chi connectivity index (χ1) is 7.77. The lowest BCUT2D eigenvalue weighted by molar-refractivity contribution is 0.0473. The molecular formula is C14H23ClN2. The van der Waals surface area contributed by atoms with Crippen LogP contribution in [0.1, 0.15) is 24.8 Å². The molecule has 0 bridgehead atoms. The van der Waals surface area contributed by atoms with Gasteiger partial charge in [0.1, 0.15) is 0 Å². The highest BCUT2D eigenvalue weighted by atomic mass is 35.5. The van der Waals surface area contributed by atoms with Crippen molar-refractivity contribution in [1.82, 2.24) is 4.90 Å². The van der Waals surface area contributed by atoms with Gasteiger partial charge in [-0.15, -0.1) is 12.4 Å². The second-order valence-electron chi connectivity index (χ2n) is 4.94. The third-order valence-electron chi connectivity index (χ3n) is 4.05. The van der Waals surface area contributed by atoms with Crippen molar-refractivity contribution in [2.24, 2.45) is 5.73 Å². The number of nitrogens with two attached hydrogens (primary N) is 1. The van der Waals surface area contributed by atoms with Crippen molar-refractivity contribution < 1.29 is 0 Å². The van der Waals surface area contributed by atoms with Crippen LogP contribution in [0.25, 0.3) is 0 Å². The molecule has 0 unspecified atom stereocenters. The molecule has 0 radical (unpaired) electrons. The summed E-state index contributed by atoms with van der Waals surface area (Å²) < 4.78 is 0. The van der Waals surface area contributed by atoms with Gasteiger partial charge in [0.15, 0.2) is 0 Å². The summed E-state index contributed by atoms with van der Waals surface area (Å²) in [7, 11) is 2.22. The molecular weight excluding hydrogens is 232 g/mol. The van der Waals surface area contributed by atoms with Crippen molar-refractivity contribution in [3.63, 3.8) is 0 Å². The number of benzene rings is 1. The van der Waals surface area contributed by atoms with E-state index in [1.165, 1.54) is 24.8 Å². The van der Waals surface area contributed by atoms with Crippen molar-refractivity contribution in [2.75, 3.05) is 20.1 Å². The van der Waals surface area contributed by atoms with Crippen LogP contribution in [-0.4, -0.2) is 30.6 Å². The Morgan fingerprint density at radius 1 is 1.24 bits per heavy atom. The summed E-state index contributed by atoms with van der Waals surface area (Å²) in [5, 5.41) is 0. The summed E-state index contributed by atoms with van der Waals surface area (Å²) >= 11 is 0. The Labute approximate surface area is 111 Å². The Balaban J connectivity index is 0.00000144. The molecule has 2 nitrogen and oxygen atoms in total. The molecule has 1 fully saturated rings. The topological polar surface area (TPSA) is 29.3 Å². The van der Waals surface area contributed by atoms with E-state index in [0.29, 0.717) is 5.54 Å². The predicted molar refractivity (Wildman–Crippen MR) is 75.7 cm³/mol. The highest BCUT2D eigenvalue weighted by Crippen LogP contribution is 2.35. The third-order valence-corrected chi connectivity index (χ3v) is 4.05. The zero-order valence-corrected chi connectivity index (χ0v) is 11.4. The fraction of sp³-hybridized carbons (Fsp3) is 0.571. The monoisotopic (exact) mass is 254 g/mol. The van der Waals surface area contributed by atoms with E-state index in [1.54, 1.807) is 0 Å². The van der Waals surface area contributed by atoms with Crippen LogP contribution in [0.2, 0.25) is 0 Å². The molecule has 1 aliphatic rings. The average Bonchev–Trinajstić information content (AvgIpc) is 2.27. The van der Waals surface area contributed by atoms with E-state index in [-0.39, 0.29) is 12.4 Å². The molecule has 0 amide bonds. The first kappa shape index (κ1) is 14.5. The molecule has 0 heterocycles. The van der Waals surface area contributed by atoms with Crippen molar-refractivity contribution in [3.8, 4) is 0 Å². The Hall–Kier alpha value is -0.570. The third kappa shape index (κ3) is 3.21. The summed E-state index contributed by atoms with van der Waals surface area (Å²) in [6.07, 6.45) is 5.01. The van der Waals surface area contributed by atoms with Gasteiger partial charge in [0, 0.05) is 18.6 Å². The molecule has 0 saturated heterocycles. The molecule has 2 rings (SSSR count). The van der Waals surface area contributed by atoms with Gasteiger partial charge in [-0.1, -0.05) is 30.3 Å². The van der Waals surface area contributed by atoms with Crippen LogP contribution in [0.3, 0.4) is 0 Å². The van der Waals surface area contributed by atoms with Gasteiger partial charge in [0.25, 0.3) is 0 Å². The highest BCUT2D eigenvalue weighted by Gasteiger charge is 2.38. The summed E-state index contributed by atoms with van der Waals surface area (Å²) in [6.45, 7) is 1.92. The van der Waals surface area contributed by atoms with Crippen LogP contribution in [0.15, 0.2) is 30.3 Å². The molecule has 17 heavy (non-hydrogen) atoms. The summed E-state index contributed by atoms with van der Waals surface area (Å²) in [5.74, 6) is 0. The van der Waals surface area contributed by atoms with Gasteiger partial charge in [-0.2, -0.15) is 0 Å². The molecule has 0 spiro atoms. The molecule has 1 saturated carbocycles. The molecule has 96 valence electrons. The number of likely N-dealkylation sites (N-methyl/N-ethyl adjacent to an activating group) is 1. The summed E-state index contributed by atoms with van der Waals surface area (Å²) in [5.41, 5.74) is 7.63. The number of rotatable bonds is 5. The normalized spacial score (nSPS) is 17.4. The van der Waals surface area contributed by atoms with Crippen molar-refractivity contribution in [3.05, 3.63) is 35.9 Å². The minimum atomic E-state index is 0. The Bertz CT molecular complexity index is 317. The van der Waals surface area contributed by atoms with E-state index in [0.717, 1.165) is 19.5 Å². The summed E-state index contributed by atoms with van der Waals surface area (Å²) in [6, 6.07) is 10.7. The molecule has 1 aromatic rings. The van der Waals surface area contributed by atoms with E-state index in [4.69, 9.17) is 5.73 Å². The fourth-order valence-electron chi connectivity index (χ4n) is 2.51. The van der Waals surface area contributed by atoms with Crippen LogP contribution < -0.4 is 5.73 Å². The van der Waals surface area contributed by atoms with Crippen molar-refractivity contribution in [1.29, 1.82) is 0 Å². The van der Waals surface area contributed by atoms with Gasteiger partial charge in [-0.05, 0) is 38.3 Å². The van der Waals surface area contributed by atoms with Gasteiger partial charge < -0.3 is 5.73 Å². The quantitative estimate of drug-likeness (QED) is 0.875. The second-order valence-corrected chi connectivity index (χ2v) is 4.94. The molecule has 1 aliphatic carbocycles. The lowest BCUT2D eigenvalue weighted by atomic mass is 9.75. The largest absolute Gasteiger partial charge is 0.329 e. The minimum Gasteiger partial charge on any atom is -0.329 e. The number of hydrogen-bond acceptors (Lipinski definition) is 2. The van der Waals surface area contributed by atoms with Gasteiger partial charge in [0.05, 0.1) is 0 Å². The van der Waals surface area contributed by atoms with E-state index in [2.05, 4.69) is 42.3 Å². The van der Waals surface area contributed by atoms with Crippen LogP contribution in [0.5, 0.6) is 0 Å². The number of halogens is 1. The zero-order valence-electron chi connectivity index (χ0n) is 10.6. The van der Waals surface area contributed by atoms with E-state index in [1.807, 2.05) is 0 Å². The maximum Gasteiger partial charge on any atom is 0.0328 e. The smallest absolute Gasteiger partial charge is 0.0328 e. The lowest BCUT2D eigenvalue weighted by Gasteiger charge is -2.48. The summed E-state index contributed by atoms with van der Waals surface area (Å²) in [4.78, 5) is 2.46. The van der Waals surface area contributed by atoms with Crippen LogP contribution >= 0.6 is 12.4 Å². The first-order valence-electron chi connectivity index (χ1n) is 6.22. The Morgan fingerprint density at radius 3 is 2.35 bits per heavy atom. The second kappa shape index (κ2) is 6.39. The minimum absolute atomic E-state index is 0. The molecule has 0 aromatic heterocycles. The van der Waals surface area contributed by atoms with Gasteiger partial charge in [-0.3, -0.25) is 4.90 Å². The number of nitrogens with zero attached hydrogens (tertiary/aromatic N) is 1.